The molecule has 0 saturated carbocycles. The molecule has 2 aromatic carbocycles. The molecular weight excluding hydrogens is 368 g/mol. The molecule has 2 atom stereocenters. The summed E-state index contributed by atoms with van der Waals surface area (Å²) in [5.41, 5.74) is 2.89. The molecule has 1 amide bonds. The van der Waals surface area contributed by atoms with Crippen molar-refractivity contribution >= 4 is 17.6 Å². The van der Waals surface area contributed by atoms with E-state index >= 15 is 0 Å². The first-order chi connectivity index (χ1) is 13.9. The van der Waals surface area contributed by atoms with Crippen molar-refractivity contribution in [1.82, 2.24) is 4.90 Å². The standard InChI is InChI=1S/C23H28N2O4/c1-16(26)29-22-20(17-9-11-19(28-4)12-10-17)15-18-7-5-6-8-21(18)25(23(22)27)14-13-24(2)3/h5-12,20,22H,13-15H2,1-4H3/t20-,22-/m1/s1. The Morgan fingerprint density at radius 1 is 1.14 bits per heavy atom. The maximum Gasteiger partial charge on any atom is 0.303 e. The third-order valence-corrected chi connectivity index (χ3v) is 5.20. The summed E-state index contributed by atoms with van der Waals surface area (Å²) in [6.07, 6.45) is -0.277. The van der Waals surface area contributed by atoms with Crippen LogP contribution >= 0.6 is 0 Å². The zero-order valence-corrected chi connectivity index (χ0v) is 17.4. The number of rotatable bonds is 6. The third-order valence-electron chi connectivity index (χ3n) is 5.20. The number of anilines is 1. The molecule has 0 aliphatic carbocycles. The number of carbonyl (C=O) groups is 2. The van der Waals surface area contributed by atoms with Crippen molar-refractivity contribution in [1.29, 1.82) is 0 Å². The molecule has 0 radical (unpaired) electrons. The highest BCUT2D eigenvalue weighted by atomic mass is 16.5. The topological polar surface area (TPSA) is 59.1 Å². The van der Waals surface area contributed by atoms with E-state index in [2.05, 4.69) is 0 Å². The highest BCUT2D eigenvalue weighted by Crippen LogP contribution is 2.36. The van der Waals surface area contributed by atoms with E-state index in [0.717, 1.165) is 22.6 Å². The summed E-state index contributed by atoms with van der Waals surface area (Å²) in [6, 6.07) is 15.5. The molecular formula is C23H28N2O4. The normalized spacial score (nSPS) is 18.9. The second kappa shape index (κ2) is 9.09. The molecule has 1 aliphatic heterocycles. The number of benzene rings is 2. The van der Waals surface area contributed by atoms with Crippen LogP contribution in [0.2, 0.25) is 0 Å². The Balaban J connectivity index is 2.06. The largest absolute Gasteiger partial charge is 0.497 e. The summed E-state index contributed by atoms with van der Waals surface area (Å²) >= 11 is 0. The molecule has 6 nitrogen and oxygen atoms in total. The molecule has 0 spiro atoms. The number of carbonyl (C=O) groups excluding carboxylic acids is 2. The number of likely N-dealkylation sites (N-methyl/N-ethyl adjacent to an activating group) is 1. The van der Waals surface area contributed by atoms with E-state index in [1.54, 1.807) is 12.0 Å². The minimum atomic E-state index is -0.879. The van der Waals surface area contributed by atoms with Gasteiger partial charge in [-0.25, -0.2) is 0 Å². The van der Waals surface area contributed by atoms with E-state index in [0.29, 0.717) is 19.5 Å². The van der Waals surface area contributed by atoms with E-state index in [4.69, 9.17) is 9.47 Å². The second-order valence-corrected chi connectivity index (χ2v) is 7.54. The number of hydrogen-bond acceptors (Lipinski definition) is 5. The van der Waals surface area contributed by atoms with Crippen molar-refractivity contribution < 1.29 is 19.1 Å². The Labute approximate surface area is 172 Å². The van der Waals surface area contributed by atoms with Crippen molar-refractivity contribution in [3.05, 3.63) is 59.7 Å². The fourth-order valence-electron chi connectivity index (χ4n) is 3.72. The number of hydrogen-bond donors (Lipinski definition) is 0. The number of esters is 1. The van der Waals surface area contributed by atoms with Crippen molar-refractivity contribution in [2.75, 3.05) is 39.2 Å². The number of para-hydroxylation sites is 1. The Morgan fingerprint density at radius 2 is 1.83 bits per heavy atom. The zero-order valence-electron chi connectivity index (χ0n) is 17.4. The zero-order chi connectivity index (χ0) is 21.0. The van der Waals surface area contributed by atoms with Crippen LogP contribution in [0.1, 0.15) is 24.0 Å². The second-order valence-electron chi connectivity index (χ2n) is 7.54. The van der Waals surface area contributed by atoms with Crippen molar-refractivity contribution in [3.63, 3.8) is 0 Å². The van der Waals surface area contributed by atoms with Crippen LogP contribution in [0.5, 0.6) is 5.75 Å². The van der Waals surface area contributed by atoms with Crippen molar-refractivity contribution in [2.45, 2.75) is 25.4 Å². The summed E-state index contributed by atoms with van der Waals surface area (Å²) in [5.74, 6) is -0.179. The molecule has 0 aromatic heterocycles. The number of nitrogens with zero attached hydrogens (tertiary/aromatic N) is 2. The quantitative estimate of drug-likeness (QED) is 0.703. The van der Waals surface area contributed by atoms with Gasteiger partial charge in [0.2, 0.25) is 0 Å². The minimum Gasteiger partial charge on any atom is -0.497 e. The maximum absolute atomic E-state index is 13.6. The van der Waals surface area contributed by atoms with Gasteiger partial charge in [-0.3, -0.25) is 9.59 Å². The molecule has 0 unspecified atom stereocenters. The SMILES string of the molecule is COc1ccc([C@H]2Cc3ccccc3N(CCN(C)C)C(=O)[C@@H]2OC(C)=O)cc1. The Morgan fingerprint density at radius 3 is 2.45 bits per heavy atom. The minimum absolute atomic E-state index is 0.187. The molecule has 0 saturated heterocycles. The van der Waals surface area contributed by atoms with Crippen LogP contribution in [0.15, 0.2) is 48.5 Å². The van der Waals surface area contributed by atoms with E-state index < -0.39 is 12.1 Å². The van der Waals surface area contributed by atoms with Gasteiger partial charge in [0.15, 0.2) is 6.10 Å². The summed E-state index contributed by atoms with van der Waals surface area (Å²) in [6.45, 7) is 2.58. The van der Waals surface area contributed by atoms with Crippen molar-refractivity contribution in [3.8, 4) is 5.75 Å². The van der Waals surface area contributed by atoms with Gasteiger partial charge in [-0.05, 0) is 49.8 Å². The number of ether oxygens (including phenoxy) is 2. The van der Waals surface area contributed by atoms with E-state index in [-0.39, 0.29) is 11.8 Å². The van der Waals surface area contributed by atoms with Crippen LogP contribution in [0, 0.1) is 0 Å². The van der Waals surface area contributed by atoms with E-state index in [1.807, 2.05) is 67.5 Å². The molecule has 0 bridgehead atoms. The van der Waals surface area contributed by atoms with Crippen LogP contribution in [-0.2, 0) is 20.7 Å². The van der Waals surface area contributed by atoms with Crippen LogP contribution in [0.3, 0.4) is 0 Å². The molecule has 6 heteroatoms. The van der Waals surface area contributed by atoms with Gasteiger partial charge in [-0.1, -0.05) is 30.3 Å². The van der Waals surface area contributed by atoms with Crippen LogP contribution in [0.25, 0.3) is 0 Å². The Kier molecular flexibility index (Phi) is 6.54. The predicted octanol–water partition coefficient (Wildman–Crippen LogP) is 2.86. The lowest BCUT2D eigenvalue weighted by molar-refractivity contribution is -0.154. The predicted molar refractivity (Wildman–Crippen MR) is 112 cm³/mol. The van der Waals surface area contributed by atoms with Gasteiger partial charge in [-0.2, -0.15) is 0 Å². The van der Waals surface area contributed by atoms with Gasteiger partial charge >= 0.3 is 5.97 Å². The first kappa shape index (κ1) is 20.9. The van der Waals surface area contributed by atoms with E-state index in [9.17, 15) is 9.59 Å². The summed E-state index contributed by atoms with van der Waals surface area (Å²) in [5, 5.41) is 0. The summed E-state index contributed by atoms with van der Waals surface area (Å²) < 4.78 is 10.9. The van der Waals surface area contributed by atoms with Crippen molar-refractivity contribution in [2.24, 2.45) is 0 Å². The van der Waals surface area contributed by atoms with Crippen LogP contribution < -0.4 is 9.64 Å². The molecule has 154 valence electrons. The number of methoxy groups -OCH3 is 1. The van der Waals surface area contributed by atoms with Crippen LogP contribution in [0.4, 0.5) is 5.69 Å². The van der Waals surface area contributed by atoms with Gasteiger partial charge in [-0.15, -0.1) is 0 Å². The molecule has 2 aromatic rings. The van der Waals surface area contributed by atoms with Crippen LogP contribution in [-0.4, -0.2) is 57.2 Å². The summed E-state index contributed by atoms with van der Waals surface area (Å²) in [7, 11) is 5.56. The van der Waals surface area contributed by atoms with Gasteiger partial charge in [0.25, 0.3) is 5.91 Å². The molecule has 0 N–H and O–H groups in total. The highest BCUT2D eigenvalue weighted by Gasteiger charge is 2.39. The number of amides is 1. The lowest BCUT2D eigenvalue weighted by Gasteiger charge is -2.29. The Hall–Kier alpha value is -2.86. The van der Waals surface area contributed by atoms with Gasteiger partial charge in [0, 0.05) is 31.6 Å². The first-order valence-corrected chi connectivity index (χ1v) is 9.76. The molecule has 1 heterocycles. The molecule has 29 heavy (non-hydrogen) atoms. The van der Waals surface area contributed by atoms with E-state index in [1.165, 1.54) is 6.92 Å². The molecule has 0 fully saturated rings. The molecule has 1 aliphatic rings. The monoisotopic (exact) mass is 396 g/mol. The average molecular weight is 396 g/mol. The number of fused-ring (bicyclic) bond motifs is 1. The van der Waals surface area contributed by atoms with Gasteiger partial charge in [0.05, 0.1) is 7.11 Å². The Bertz CT molecular complexity index is 863. The lowest BCUT2D eigenvalue weighted by Crippen LogP contribution is -2.45. The lowest BCUT2D eigenvalue weighted by atomic mass is 9.87. The first-order valence-electron chi connectivity index (χ1n) is 9.76. The fourth-order valence-corrected chi connectivity index (χ4v) is 3.72. The summed E-state index contributed by atoms with van der Waals surface area (Å²) in [4.78, 5) is 29.2. The average Bonchev–Trinajstić information content (AvgIpc) is 2.81. The molecule has 3 rings (SSSR count). The maximum atomic E-state index is 13.6. The highest BCUT2D eigenvalue weighted by molar-refractivity contribution is 5.99. The smallest absolute Gasteiger partial charge is 0.303 e. The fraction of sp³-hybridized carbons (Fsp3) is 0.391. The van der Waals surface area contributed by atoms with Gasteiger partial charge < -0.3 is 19.3 Å². The third kappa shape index (κ3) is 4.77. The van der Waals surface area contributed by atoms with Gasteiger partial charge in [0.1, 0.15) is 5.75 Å².